The SMILES string of the molecule is Cc1cc(C2CCN(C(=O)Oc3ccc(C(C)C)cc3)C2)cc(C)c1OC(C)(C)C(=O)O. The Hall–Kier alpha value is -3.02. The molecule has 2 aromatic rings. The van der Waals surface area contributed by atoms with E-state index in [4.69, 9.17) is 9.47 Å². The monoisotopic (exact) mass is 439 g/mol. The van der Waals surface area contributed by atoms with Crippen LogP contribution in [0.25, 0.3) is 0 Å². The van der Waals surface area contributed by atoms with Gasteiger partial charge in [-0.05, 0) is 74.4 Å². The molecule has 0 spiro atoms. The fraction of sp³-hybridized carbons (Fsp3) is 0.462. The molecule has 0 radical (unpaired) electrons. The fourth-order valence-electron chi connectivity index (χ4n) is 3.96. The summed E-state index contributed by atoms with van der Waals surface area (Å²) in [7, 11) is 0. The van der Waals surface area contributed by atoms with E-state index in [2.05, 4.69) is 13.8 Å². The third-order valence-electron chi connectivity index (χ3n) is 6.02. The molecule has 6 heteroatoms. The number of likely N-dealkylation sites (tertiary alicyclic amines) is 1. The maximum atomic E-state index is 12.6. The van der Waals surface area contributed by atoms with Gasteiger partial charge in [-0.2, -0.15) is 0 Å². The lowest BCUT2D eigenvalue weighted by molar-refractivity contribution is -0.152. The van der Waals surface area contributed by atoms with Crippen LogP contribution in [0.15, 0.2) is 36.4 Å². The summed E-state index contributed by atoms with van der Waals surface area (Å²) in [5, 5.41) is 9.36. The van der Waals surface area contributed by atoms with E-state index in [0.29, 0.717) is 30.5 Å². The molecule has 1 fully saturated rings. The molecule has 32 heavy (non-hydrogen) atoms. The minimum Gasteiger partial charge on any atom is -0.478 e. The molecule has 1 saturated heterocycles. The molecule has 1 aliphatic rings. The largest absolute Gasteiger partial charge is 0.478 e. The van der Waals surface area contributed by atoms with Crippen LogP contribution in [0.1, 0.15) is 68.2 Å². The van der Waals surface area contributed by atoms with Crippen molar-refractivity contribution < 1.29 is 24.2 Å². The highest BCUT2D eigenvalue weighted by Crippen LogP contribution is 2.34. The van der Waals surface area contributed by atoms with Crippen molar-refractivity contribution in [3.63, 3.8) is 0 Å². The van der Waals surface area contributed by atoms with Gasteiger partial charge in [0.1, 0.15) is 11.5 Å². The molecule has 0 aromatic heterocycles. The topological polar surface area (TPSA) is 76.1 Å². The van der Waals surface area contributed by atoms with Crippen LogP contribution in [0.5, 0.6) is 11.5 Å². The number of carbonyl (C=O) groups is 2. The maximum absolute atomic E-state index is 12.6. The van der Waals surface area contributed by atoms with Crippen molar-refractivity contribution >= 4 is 12.1 Å². The smallest absolute Gasteiger partial charge is 0.415 e. The molecular formula is C26H33NO5. The van der Waals surface area contributed by atoms with Gasteiger partial charge in [0.2, 0.25) is 0 Å². The zero-order valence-corrected chi connectivity index (χ0v) is 19.8. The van der Waals surface area contributed by atoms with Gasteiger partial charge in [0, 0.05) is 19.0 Å². The van der Waals surface area contributed by atoms with Gasteiger partial charge in [0.15, 0.2) is 5.60 Å². The minimum atomic E-state index is -1.31. The first-order chi connectivity index (χ1) is 15.0. The average Bonchev–Trinajstić information content (AvgIpc) is 3.21. The highest BCUT2D eigenvalue weighted by atomic mass is 16.6. The molecule has 1 amide bonds. The van der Waals surface area contributed by atoms with Crippen molar-refractivity contribution in [3.8, 4) is 11.5 Å². The molecule has 3 rings (SSSR count). The molecule has 2 aromatic carbocycles. The van der Waals surface area contributed by atoms with Crippen LogP contribution in [0, 0.1) is 13.8 Å². The zero-order chi connectivity index (χ0) is 23.6. The van der Waals surface area contributed by atoms with Crippen molar-refractivity contribution in [1.29, 1.82) is 0 Å². The number of carboxylic acids is 1. The lowest BCUT2D eigenvalue weighted by Crippen LogP contribution is -2.38. The number of benzene rings is 2. The second kappa shape index (κ2) is 9.23. The summed E-state index contributed by atoms with van der Waals surface area (Å²) >= 11 is 0. The Morgan fingerprint density at radius 3 is 2.22 bits per heavy atom. The number of aryl methyl sites for hydroxylation is 2. The Morgan fingerprint density at radius 1 is 1.09 bits per heavy atom. The van der Waals surface area contributed by atoms with Crippen molar-refractivity contribution in [3.05, 3.63) is 58.7 Å². The van der Waals surface area contributed by atoms with E-state index in [1.807, 2.05) is 50.2 Å². The van der Waals surface area contributed by atoms with Crippen molar-refractivity contribution in [1.82, 2.24) is 4.90 Å². The normalized spacial score (nSPS) is 16.3. The summed E-state index contributed by atoms with van der Waals surface area (Å²) in [4.78, 5) is 25.8. The van der Waals surface area contributed by atoms with Gasteiger partial charge in [0.05, 0.1) is 0 Å². The average molecular weight is 440 g/mol. The number of rotatable bonds is 6. The van der Waals surface area contributed by atoms with Crippen molar-refractivity contribution in [2.24, 2.45) is 0 Å². The van der Waals surface area contributed by atoms with Gasteiger partial charge >= 0.3 is 12.1 Å². The van der Waals surface area contributed by atoms with E-state index < -0.39 is 11.6 Å². The van der Waals surface area contributed by atoms with Crippen molar-refractivity contribution in [2.45, 2.75) is 65.4 Å². The molecule has 6 nitrogen and oxygen atoms in total. The van der Waals surface area contributed by atoms with Gasteiger partial charge in [-0.3, -0.25) is 0 Å². The molecule has 1 aliphatic heterocycles. The summed E-state index contributed by atoms with van der Waals surface area (Å²) in [5.41, 5.74) is 2.80. The predicted molar refractivity (Wildman–Crippen MR) is 124 cm³/mol. The molecule has 0 saturated carbocycles. The van der Waals surface area contributed by atoms with Crippen LogP contribution in [0.3, 0.4) is 0 Å². The number of carbonyl (C=O) groups excluding carboxylic acids is 1. The number of nitrogens with zero attached hydrogens (tertiary/aromatic N) is 1. The third-order valence-corrected chi connectivity index (χ3v) is 6.02. The molecular weight excluding hydrogens is 406 g/mol. The van der Waals surface area contributed by atoms with Crippen LogP contribution in [0.2, 0.25) is 0 Å². The second-order valence-electron chi connectivity index (χ2n) is 9.42. The Kier molecular flexibility index (Phi) is 6.82. The molecule has 1 unspecified atom stereocenters. The Labute approximate surface area is 190 Å². The third kappa shape index (κ3) is 5.23. The van der Waals surface area contributed by atoms with Crippen LogP contribution in [0.4, 0.5) is 4.79 Å². The van der Waals surface area contributed by atoms with E-state index in [0.717, 1.165) is 23.1 Å². The van der Waals surface area contributed by atoms with Gasteiger partial charge in [-0.1, -0.05) is 38.1 Å². The second-order valence-corrected chi connectivity index (χ2v) is 9.42. The predicted octanol–water partition coefficient (Wildman–Crippen LogP) is 5.66. The Bertz CT molecular complexity index is 971. The Balaban J connectivity index is 1.67. The van der Waals surface area contributed by atoms with E-state index in [1.165, 1.54) is 5.56 Å². The summed E-state index contributed by atoms with van der Waals surface area (Å²) in [6.07, 6.45) is 0.516. The van der Waals surface area contributed by atoms with Crippen LogP contribution in [-0.2, 0) is 4.79 Å². The summed E-state index contributed by atoms with van der Waals surface area (Å²) < 4.78 is 11.4. The van der Waals surface area contributed by atoms with E-state index in [1.54, 1.807) is 18.7 Å². The van der Waals surface area contributed by atoms with Gasteiger partial charge in [-0.25, -0.2) is 9.59 Å². The summed E-state index contributed by atoms with van der Waals surface area (Å²) in [5.74, 6) is 0.768. The Morgan fingerprint density at radius 2 is 1.69 bits per heavy atom. The number of carboxylic acid groups (broad SMARTS) is 1. The van der Waals surface area contributed by atoms with Crippen LogP contribution < -0.4 is 9.47 Å². The lowest BCUT2D eigenvalue weighted by Gasteiger charge is -2.25. The summed E-state index contributed by atoms with van der Waals surface area (Å²) in [6, 6.07) is 11.7. The minimum absolute atomic E-state index is 0.199. The number of ether oxygens (including phenoxy) is 2. The van der Waals surface area contributed by atoms with Crippen LogP contribution >= 0.6 is 0 Å². The quantitative estimate of drug-likeness (QED) is 0.629. The maximum Gasteiger partial charge on any atom is 0.415 e. The molecule has 0 bridgehead atoms. The number of aliphatic carboxylic acids is 1. The zero-order valence-electron chi connectivity index (χ0n) is 19.8. The highest BCUT2D eigenvalue weighted by molar-refractivity contribution is 5.77. The number of amides is 1. The number of hydrogen-bond donors (Lipinski definition) is 1. The van der Waals surface area contributed by atoms with E-state index in [-0.39, 0.29) is 12.0 Å². The molecule has 1 N–H and O–H groups in total. The van der Waals surface area contributed by atoms with Crippen molar-refractivity contribution in [2.75, 3.05) is 13.1 Å². The lowest BCUT2D eigenvalue weighted by atomic mass is 9.94. The molecule has 0 aliphatic carbocycles. The molecule has 172 valence electrons. The molecule has 1 heterocycles. The standard InChI is InChI=1S/C26H33NO5/c1-16(2)19-7-9-22(10-8-19)31-25(30)27-12-11-20(15-27)21-13-17(3)23(18(4)14-21)32-26(5,6)24(28)29/h7-10,13-14,16,20H,11-12,15H2,1-6H3,(H,28,29). The summed E-state index contributed by atoms with van der Waals surface area (Å²) in [6.45, 7) is 12.4. The highest BCUT2D eigenvalue weighted by Gasteiger charge is 2.32. The molecule has 1 atom stereocenters. The van der Waals surface area contributed by atoms with Gasteiger partial charge < -0.3 is 19.5 Å². The first-order valence-electron chi connectivity index (χ1n) is 11.1. The van der Waals surface area contributed by atoms with Crippen LogP contribution in [-0.4, -0.2) is 40.8 Å². The van der Waals surface area contributed by atoms with E-state index >= 15 is 0 Å². The van der Waals surface area contributed by atoms with Gasteiger partial charge in [0.25, 0.3) is 0 Å². The number of hydrogen-bond acceptors (Lipinski definition) is 4. The first kappa shape index (κ1) is 23.6. The first-order valence-corrected chi connectivity index (χ1v) is 11.1. The van der Waals surface area contributed by atoms with Gasteiger partial charge in [-0.15, -0.1) is 0 Å². The van der Waals surface area contributed by atoms with E-state index in [9.17, 15) is 14.7 Å². The fourth-order valence-corrected chi connectivity index (χ4v) is 3.96.